The topological polar surface area (TPSA) is 38.0 Å². The molecule has 14 heavy (non-hydrogen) atoms. The average molecular weight is 215 g/mol. The van der Waals surface area contributed by atoms with Crippen molar-refractivity contribution in [3.63, 3.8) is 0 Å². The van der Waals surface area contributed by atoms with Gasteiger partial charge in [-0.1, -0.05) is 11.6 Å². The molecule has 0 saturated carbocycles. The molecule has 2 rings (SSSR count). The smallest absolute Gasteiger partial charge is 0.126 e. The molecule has 1 aromatic rings. The second kappa shape index (κ2) is 3.85. The van der Waals surface area contributed by atoms with Gasteiger partial charge in [-0.2, -0.15) is 0 Å². The molecular formula is C10H12ClFN2. The van der Waals surface area contributed by atoms with Gasteiger partial charge in [-0.3, -0.25) is 0 Å². The van der Waals surface area contributed by atoms with Crippen molar-refractivity contribution in [3.05, 3.63) is 34.6 Å². The lowest BCUT2D eigenvalue weighted by Gasteiger charge is -2.15. The maximum absolute atomic E-state index is 13.5. The highest BCUT2D eigenvalue weighted by atomic mass is 35.5. The predicted molar refractivity (Wildman–Crippen MR) is 55.0 cm³/mol. The van der Waals surface area contributed by atoms with Crippen molar-refractivity contribution in [2.75, 3.05) is 13.1 Å². The Morgan fingerprint density at radius 1 is 1.43 bits per heavy atom. The van der Waals surface area contributed by atoms with E-state index in [-0.39, 0.29) is 17.8 Å². The predicted octanol–water partition coefficient (Wildman–Crippen LogP) is 1.49. The van der Waals surface area contributed by atoms with Crippen molar-refractivity contribution in [1.82, 2.24) is 5.32 Å². The molecule has 1 aliphatic rings. The fraction of sp³-hybridized carbons (Fsp3) is 0.400. The van der Waals surface area contributed by atoms with Crippen molar-refractivity contribution in [1.29, 1.82) is 0 Å². The van der Waals surface area contributed by atoms with Crippen LogP contribution in [0.5, 0.6) is 0 Å². The van der Waals surface area contributed by atoms with Gasteiger partial charge in [0.1, 0.15) is 5.82 Å². The lowest BCUT2D eigenvalue weighted by atomic mass is 9.94. The minimum absolute atomic E-state index is 0.0250. The summed E-state index contributed by atoms with van der Waals surface area (Å²) in [5.41, 5.74) is 6.48. The summed E-state index contributed by atoms with van der Waals surface area (Å²) in [6.07, 6.45) is 0. The summed E-state index contributed by atoms with van der Waals surface area (Å²) in [5, 5.41) is 3.69. The van der Waals surface area contributed by atoms with Crippen LogP contribution in [0.25, 0.3) is 0 Å². The van der Waals surface area contributed by atoms with Gasteiger partial charge in [0.05, 0.1) is 0 Å². The van der Waals surface area contributed by atoms with Gasteiger partial charge in [0.25, 0.3) is 0 Å². The van der Waals surface area contributed by atoms with Gasteiger partial charge in [-0.15, -0.1) is 0 Å². The number of nitrogens with one attached hydrogen (secondary N) is 1. The molecule has 3 N–H and O–H groups in total. The Balaban J connectivity index is 2.34. The SMILES string of the molecule is N[C@H]1CNC[C@@H]1c1cc(Cl)ccc1F. The van der Waals surface area contributed by atoms with Crippen molar-refractivity contribution in [3.8, 4) is 0 Å². The molecule has 0 aliphatic carbocycles. The molecule has 4 heteroatoms. The van der Waals surface area contributed by atoms with E-state index in [0.717, 1.165) is 13.1 Å². The summed E-state index contributed by atoms with van der Waals surface area (Å²) in [6.45, 7) is 1.45. The van der Waals surface area contributed by atoms with Gasteiger partial charge in [0.15, 0.2) is 0 Å². The monoisotopic (exact) mass is 214 g/mol. The molecule has 1 aliphatic heterocycles. The van der Waals surface area contributed by atoms with Gasteiger partial charge in [-0.05, 0) is 23.8 Å². The summed E-state index contributed by atoms with van der Waals surface area (Å²) < 4.78 is 13.5. The minimum Gasteiger partial charge on any atom is -0.326 e. The molecule has 1 heterocycles. The van der Waals surface area contributed by atoms with Crippen LogP contribution in [0, 0.1) is 5.82 Å². The van der Waals surface area contributed by atoms with Crippen LogP contribution in [-0.4, -0.2) is 19.1 Å². The zero-order valence-electron chi connectivity index (χ0n) is 7.63. The number of hydrogen-bond donors (Lipinski definition) is 2. The number of halogens is 2. The lowest BCUT2D eigenvalue weighted by molar-refractivity contribution is 0.566. The van der Waals surface area contributed by atoms with Crippen LogP contribution < -0.4 is 11.1 Å². The van der Waals surface area contributed by atoms with E-state index in [4.69, 9.17) is 17.3 Å². The normalized spacial score (nSPS) is 26.8. The van der Waals surface area contributed by atoms with E-state index in [1.54, 1.807) is 12.1 Å². The molecule has 1 fully saturated rings. The summed E-state index contributed by atoms with van der Waals surface area (Å²) in [4.78, 5) is 0. The lowest BCUT2D eigenvalue weighted by Crippen LogP contribution is -2.28. The second-order valence-corrected chi connectivity index (χ2v) is 4.03. The van der Waals surface area contributed by atoms with Gasteiger partial charge in [0, 0.05) is 30.1 Å². The molecule has 1 aromatic carbocycles. The zero-order chi connectivity index (χ0) is 10.1. The number of rotatable bonds is 1. The summed E-state index contributed by atoms with van der Waals surface area (Å²) in [7, 11) is 0. The first-order valence-corrected chi connectivity index (χ1v) is 4.97. The molecule has 0 aromatic heterocycles. The Kier molecular flexibility index (Phi) is 2.72. The highest BCUT2D eigenvalue weighted by Crippen LogP contribution is 2.26. The zero-order valence-corrected chi connectivity index (χ0v) is 8.39. The highest BCUT2D eigenvalue weighted by Gasteiger charge is 2.27. The standard InChI is InChI=1S/C10H12ClFN2/c11-6-1-2-9(12)7(3-6)8-4-14-5-10(8)13/h1-3,8,10,14H,4-5,13H2/t8-,10+/m1/s1. The second-order valence-electron chi connectivity index (χ2n) is 3.59. The molecule has 0 bridgehead atoms. The summed E-state index contributed by atoms with van der Waals surface area (Å²) in [5.74, 6) is -0.188. The van der Waals surface area contributed by atoms with E-state index in [0.29, 0.717) is 10.6 Å². The molecule has 1 saturated heterocycles. The molecule has 0 radical (unpaired) electrons. The fourth-order valence-corrected chi connectivity index (χ4v) is 2.02. The first-order chi connectivity index (χ1) is 6.68. The Hall–Kier alpha value is -0.640. The molecule has 0 spiro atoms. The molecule has 2 atom stereocenters. The molecular weight excluding hydrogens is 203 g/mol. The van der Waals surface area contributed by atoms with Crippen LogP contribution in [0.3, 0.4) is 0 Å². The summed E-state index contributed by atoms with van der Waals surface area (Å²) in [6, 6.07) is 4.58. The average Bonchev–Trinajstić information content (AvgIpc) is 2.56. The van der Waals surface area contributed by atoms with E-state index >= 15 is 0 Å². The maximum Gasteiger partial charge on any atom is 0.126 e. The van der Waals surface area contributed by atoms with Crippen LogP contribution in [0.15, 0.2) is 18.2 Å². The summed E-state index contributed by atoms with van der Waals surface area (Å²) >= 11 is 5.82. The van der Waals surface area contributed by atoms with Crippen LogP contribution in [-0.2, 0) is 0 Å². The number of hydrogen-bond acceptors (Lipinski definition) is 2. The first kappa shape index (κ1) is 9.90. The maximum atomic E-state index is 13.5. The van der Waals surface area contributed by atoms with E-state index in [1.165, 1.54) is 6.07 Å². The van der Waals surface area contributed by atoms with Crippen LogP contribution in [0.2, 0.25) is 5.02 Å². The van der Waals surface area contributed by atoms with Crippen LogP contribution in [0.1, 0.15) is 11.5 Å². The fourth-order valence-electron chi connectivity index (χ4n) is 1.84. The molecule has 76 valence electrons. The van der Waals surface area contributed by atoms with Crippen molar-refractivity contribution < 1.29 is 4.39 Å². The first-order valence-electron chi connectivity index (χ1n) is 4.59. The van der Waals surface area contributed by atoms with E-state index in [2.05, 4.69) is 5.32 Å². The van der Waals surface area contributed by atoms with E-state index in [9.17, 15) is 4.39 Å². The van der Waals surface area contributed by atoms with Crippen LogP contribution >= 0.6 is 11.6 Å². The quantitative estimate of drug-likeness (QED) is 0.744. The Morgan fingerprint density at radius 3 is 2.86 bits per heavy atom. The Morgan fingerprint density at radius 2 is 2.21 bits per heavy atom. The Bertz CT molecular complexity index is 343. The number of benzene rings is 1. The largest absolute Gasteiger partial charge is 0.326 e. The third kappa shape index (κ3) is 1.75. The molecule has 2 nitrogen and oxygen atoms in total. The van der Waals surface area contributed by atoms with E-state index < -0.39 is 0 Å². The highest BCUT2D eigenvalue weighted by molar-refractivity contribution is 6.30. The van der Waals surface area contributed by atoms with Crippen LogP contribution in [0.4, 0.5) is 4.39 Å². The third-order valence-electron chi connectivity index (χ3n) is 2.62. The van der Waals surface area contributed by atoms with Crippen molar-refractivity contribution >= 4 is 11.6 Å². The van der Waals surface area contributed by atoms with Gasteiger partial charge >= 0.3 is 0 Å². The number of nitrogens with two attached hydrogens (primary N) is 1. The van der Waals surface area contributed by atoms with Gasteiger partial charge in [-0.25, -0.2) is 4.39 Å². The minimum atomic E-state index is -0.224. The van der Waals surface area contributed by atoms with Crippen molar-refractivity contribution in [2.24, 2.45) is 5.73 Å². The van der Waals surface area contributed by atoms with E-state index in [1.807, 2.05) is 0 Å². The molecule has 0 unspecified atom stereocenters. The van der Waals surface area contributed by atoms with Gasteiger partial charge in [0.2, 0.25) is 0 Å². The van der Waals surface area contributed by atoms with Crippen molar-refractivity contribution in [2.45, 2.75) is 12.0 Å². The Labute approximate surface area is 87.2 Å². The third-order valence-corrected chi connectivity index (χ3v) is 2.85. The molecule has 0 amide bonds. The van der Waals surface area contributed by atoms with Gasteiger partial charge < -0.3 is 11.1 Å².